The minimum absolute atomic E-state index is 0.0279. The highest BCUT2D eigenvalue weighted by atomic mass is 35.5. The molecule has 1 fully saturated rings. The van der Waals surface area contributed by atoms with Gasteiger partial charge in [0.15, 0.2) is 0 Å². The molecule has 0 saturated heterocycles. The van der Waals surface area contributed by atoms with E-state index in [1.165, 1.54) is 36.8 Å². The lowest BCUT2D eigenvalue weighted by molar-refractivity contribution is -0.123. The molecule has 172 valence electrons. The predicted molar refractivity (Wildman–Crippen MR) is 132 cm³/mol. The zero-order valence-corrected chi connectivity index (χ0v) is 20.3. The lowest BCUT2D eigenvalue weighted by Crippen LogP contribution is -2.41. The zero-order chi connectivity index (χ0) is 22.7. The van der Waals surface area contributed by atoms with Gasteiger partial charge < -0.3 is 14.5 Å². The standard InChI is InChI=1S/C27H35ClN2O2/c1-29(2)14-15-30-26-13-10-22(28)17-21(26)18-24(20-8-11-23(32-3)12-9-20)25(27(30)31)16-19-6-4-5-7-19/h8-13,17,19,24-25H,4-7,14-16,18H2,1-3H3/t24-,25+/m1/s1. The second-order valence-electron chi connectivity index (χ2n) is 9.64. The molecule has 4 rings (SSSR count). The molecule has 4 nitrogen and oxygen atoms in total. The van der Waals surface area contributed by atoms with Crippen molar-refractivity contribution in [1.29, 1.82) is 0 Å². The van der Waals surface area contributed by atoms with E-state index >= 15 is 0 Å². The van der Waals surface area contributed by atoms with Crippen LogP contribution in [0.3, 0.4) is 0 Å². The first-order valence-corrected chi connectivity index (χ1v) is 12.2. The molecule has 1 amide bonds. The van der Waals surface area contributed by atoms with Crippen LogP contribution in [-0.2, 0) is 11.2 Å². The van der Waals surface area contributed by atoms with Gasteiger partial charge in [-0.3, -0.25) is 4.79 Å². The number of hydrogen-bond acceptors (Lipinski definition) is 3. The summed E-state index contributed by atoms with van der Waals surface area (Å²) < 4.78 is 5.38. The average Bonchev–Trinajstić information content (AvgIpc) is 3.27. The van der Waals surface area contributed by atoms with Gasteiger partial charge >= 0.3 is 0 Å². The molecule has 2 atom stereocenters. The van der Waals surface area contributed by atoms with Crippen molar-refractivity contribution < 1.29 is 9.53 Å². The van der Waals surface area contributed by atoms with Gasteiger partial charge in [0, 0.05) is 29.7 Å². The van der Waals surface area contributed by atoms with E-state index < -0.39 is 0 Å². The van der Waals surface area contributed by atoms with Gasteiger partial charge in [0.05, 0.1) is 7.11 Å². The van der Waals surface area contributed by atoms with E-state index in [0.29, 0.717) is 12.5 Å². The van der Waals surface area contributed by atoms with Crippen molar-refractivity contribution in [1.82, 2.24) is 4.90 Å². The molecule has 0 radical (unpaired) electrons. The summed E-state index contributed by atoms with van der Waals surface area (Å²) >= 11 is 6.42. The van der Waals surface area contributed by atoms with Gasteiger partial charge in [-0.05, 0) is 80.2 Å². The molecule has 5 heteroatoms. The number of likely N-dealkylation sites (N-methyl/N-ethyl adjacent to an activating group) is 1. The Bertz CT molecular complexity index is 922. The van der Waals surface area contributed by atoms with Crippen molar-refractivity contribution in [2.24, 2.45) is 11.8 Å². The molecule has 2 aliphatic rings. The molecular weight excluding hydrogens is 420 g/mol. The number of benzene rings is 2. The van der Waals surface area contributed by atoms with Crippen molar-refractivity contribution >= 4 is 23.2 Å². The van der Waals surface area contributed by atoms with Crippen LogP contribution in [0.15, 0.2) is 42.5 Å². The maximum atomic E-state index is 14.2. The van der Waals surface area contributed by atoms with Crippen LogP contribution in [0.4, 0.5) is 5.69 Å². The Morgan fingerprint density at radius 2 is 1.81 bits per heavy atom. The minimum atomic E-state index is -0.0279. The third kappa shape index (κ3) is 5.13. The van der Waals surface area contributed by atoms with Gasteiger partial charge in [0.25, 0.3) is 0 Å². The van der Waals surface area contributed by atoms with Crippen LogP contribution < -0.4 is 9.64 Å². The van der Waals surface area contributed by atoms with E-state index in [1.807, 2.05) is 29.2 Å². The van der Waals surface area contributed by atoms with Crippen molar-refractivity contribution in [2.75, 3.05) is 39.2 Å². The Balaban J connectivity index is 1.76. The van der Waals surface area contributed by atoms with Crippen LogP contribution in [0.25, 0.3) is 0 Å². The number of rotatable bonds is 7. The van der Waals surface area contributed by atoms with Gasteiger partial charge in [-0.1, -0.05) is 49.4 Å². The summed E-state index contributed by atoms with van der Waals surface area (Å²) in [5.41, 5.74) is 3.40. The summed E-state index contributed by atoms with van der Waals surface area (Å²) in [6.45, 7) is 1.52. The summed E-state index contributed by atoms with van der Waals surface area (Å²) in [7, 11) is 5.80. The van der Waals surface area contributed by atoms with Crippen molar-refractivity contribution in [2.45, 2.75) is 44.4 Å². The van der Waals surface area contributed by atoms with Gasteiger partial charge in [-0.2, -0.15) is 0 Å². The number of amides is 1. The number of nitrogens with zero attached hydrogens (tertiary/aromatic N) is 2. The van der Waals surface area contributed by atoms with E-state index in [9.17, 15) is 4.79 Å². The Morgan fingerprint density at radius 1 is 1.09 bits per heavy atom. The third-order valence-corrected chi connectivity index (χ3v) is 7.45. The van der Waals surface area contributed by atoms with E-state index in [2.05, 4.69) is 37.2 Å². The van der Waals surface area contributed by atoms with Crippen LogP contribution in [-0.4, -0.2) is 45.1 Å². The van der Waals surface area contributed by atoms with E-state index in [-0.39, 0.29) is 17.7 Å². The topological polar surface area (TPSA) is 32.8 Å². The molecule has 0 spiro atoms. The number of methoxy groups -OCH3 is 1. The summed E-state index contributed by atoms with van der Waals surface area (Å²) in [5.74, 6) is 1.86. The number of carbonyl (C=O) groups excluding carboxylic acids is 1. The lowest BCUT2D eigenvalue weighted by atomic mass is 9.77. The second kappa shape index (κ2) is 10.3. The molecule has 0 bridgehead atoms. The summed E-state index contributed by atoms with van der Waals surface area (Å²) in [6.07, 6.45) is 6.86. The van der Waals surface area contributed by atoms with Crippen LogP contribution >= 0.6 is 11.6 Å². The average molecular weight is 455 g/mol. The predicted octanol–water partition coefficient (Wildman–Crippen LogP) is 5.78. The third-order valence-electron chi connectivity index (χ3n) is 7.22. The van der Waals surface area contributed by atoms with Crippen molar-refractivity contribution in [3.63, 3.8) is 0 Å². The lowest BCUT2D eigenvalue weighted by Gasteiger charge is -2.31. The molecule has 2 aromatic rings. The molecule has 0 aromatic heterocycles. The molecule has 0 N–H and O–H groups in total. The first kappa shape index (κ1) is 23.1. The molecule has 1 aliphatic carbocycles. The van der Waals surface area contributed by atoms with Gasteiger partial charge in [-0.15, -0.1) is 0 Å². The second-order valence-corrected chi connectivity index (χ2v) is 10.1. The fourth-order valence-electron chi connectivity index (χ4n) is 5.45. The van der Waals surface area contributed by atoms with Gasteiger partial charge in [0.1, 0.15) is 5.75 Å². The highest BCUT2D eigenvalue weighted by Crippen LogP contribution is 2.43. The highest BCUT2D eigenvalue weighted by molar-refractivity contribution is 6.30. The van der Waals surface area contributed by atoms with Crippen molar-refractivity contribution in [3.05, 3.63) is 58.6 Å². The first-order chi connectivity index (χ1) is 15.5. The van der Waals surface area contributed by atoms with Gasteiger partial charge in [0.2, 0.25) is 5.91 Å². The fourth-order valence-corrected chi connectivity index (χ4v) is 5.65. The summed E-state index contributed by atoms with van der Waals surface area (Å²) in [4.78, 5) is 18.3. The number of ether oxygens (including phenoxy) is 1. The van der Waals surface area contributed by atoms with Crippen LogP contribution in [0.1, 0.15) is 49.1 Å². The Morgan fingerprint density at radius 3 is 2.47 bits per heavy atom. The number of anilines is 1. The number of hydrogen-bond donors (Lipinski definition) is 0. The molecular formula is C27H35ClN2O2. The summed E-state index contributed by atoms with van der Waals surface area (Å²) in [5, 5.41) is 0.728. The molecule has 0 unspecified atom stereocenters. The van der Waals surface area contributed by atoms with Crippen LogP contribution in [0, 0.1) is 11.8 Å². The van der Waals surface area contributed by atoms with Crippen LogP contribution in [0.5, 0.6) is 5.75 Å². The monoisotopic (exact) mass is 454 g/mol. The molecule has 32 heavy (non-hydrogen) atoms. The van der Waals surface area contributed by atoms with Gasteiger partial charge in [-0.25, -0.2) is 0 Å². The Labute approximate surface area is 197 Å². The molecule has 1 aliphatic heterocycles. The Kier molecular flexibility index (Phi) is 7.42. The minimum Gasteiger partial charge on any atom is -0.497 e. The maximum Gasteiger partial charge on any atom is 0.230 e. The number of halogens is 1. The first-order valence-electron chi connectivity index (χ1n) is 11.8. The smallest absolute Gasteiger partial charge is 0.230 e. The quantitative estimate of drug-likeness (QED) is 0.531. The highest BCUT2D eigenvalue weighted by Gasteiger charge is 2.39. The largest absolute Gasteiger partial charge is 0.497 e. The normalized spacial score (nSPS) is 21.7. The van der Waals surface area contributed by atoms with E-state index in [1.54, 1.807) is 7.11 Å². The summed E-state index contributed by atoms with van der Waals surface area (Å²) in [6, 6.07) is 14.3. The maximum absolute atomic E-state index is 14.2. The molecule has 1 heterocycles. The van der Waals surface area contributed by atoms with E-state index in [0.717, 1.165) is 35.8 Å². The number of carbonyl (C=O) groups is 1. The fraction of sp³-hybridized carbons (Fsp3) is 0.519. The molecule has 2 aromatic carbocycles. The van der Waals surface area contributed by atoms with Crippen molar-refractivity contribution in [3.8, 4) is 5.75 Å². The number of fused-ring (bicyclic) bond motifs is 1. The Hall–Kier alpha value is -2.04. The molecule has 1 saturated carbocycles. The van der Waals surface area contributed by atoms with Crippen LogP contribution in [0.2, 0.25) is 5.02 Å². The SMILES string of the molecule is COc1ccc([C@H]2Cc3cc(Cl)ccc3N(CCN(C)C)C(=O)[C@H]2CC2CCCC2)cc1. The zero-order valence-electron chi connectivity index (χ0n) is 19.5. The van der Waals surface area contributed by atoms with E-state index in [4.69, 9.17) is 16.3 Å².